The zero-order valence-electron chi connectivity index (χ0n) is 19.8. The van der Waals surface area contributed by atoms with E-state index in [9.17, 15) is 4.79 Å². The van der Waals surface area contributed by atoms with E-state index in [0.717, 1.165) is 24.1 Å². The maximum absolute atomic E-state index is 12.2. The molecule has 1 aromatic carbocycles. The first-order valence-corrected chi connectivity index (χ1v) is 11.6. The maximum atomic E-state index is 12.2. The molecule has 0 unspecified atom stereocenters. The highest BCUT2D eigenvalue weighted by atomic mass is 16.5. The van der Waals surface area contributed by atoms with Gasteiger partial charge in [-0.1, -0.05) is 17.3 Å². The summed E-state index contributed by atoms with van der Waals surface area (Å²) in [5.41, 5.74) is 2.97. The van der Waals surface area contributed by atoms with Gasteiger partial charge >= 0.3 is 0 Å². The standard InChI is InChI=1S/C25H26N8O2/c1-15-7-8-19(14-33(15)17(3)34)24-30-21(22-13-26-9-10-27-22)12-23(31-24)29-20-6-4-5-18(11-20)25-28-16(2)35-32-25/h4-6,9-13,15,19H,7-8,14H2,1-3H3,(H,29,30,31)/t15-,19+/m0/s1. The number of carbonyl (C=O) groups is 1. The van der Waals surface area contributed by atoms with Crippen molar-refractivity contribution in [3.8, 4) is 22.8 Å². The zero-order chi connectivity index (χ0) is 24.4. The minimum Gasteiger partial charge on any atom is -0.340 e. The average Bonchev–Trinajstić information content (AvgIpc) is 3.31. The minimum atomic E-state index is 0.0286. The molecule has 0 spiro atoms. The smallest absolute Gasteiger partial charge is 0.223 e. The molecule has 4 heterocycles. The van der Waals surface area contributed by atoms with Crippen molar-refractivity contribution < 1.29 is 9.32 Å². The number of carbonyl (C=O) groups excluding carboxylic acids is 1. The van der Waals surface area contributed by atoms with Crippen molar-refractivity contribution in [3.63, 3.8) is 0 Å². The Balaban J connectivity index is 1.49. The number of amides is 1. The topological polar surface area (TPSA) is 123 Å². The highest BCUT2D eigenvalue weighted by molar-refractivity contribution is 5.74. The number of piperidine rings is 1. The molecule has 0 aliphatic carbocycles. The largest absolute Gasteiger partial charge is 0.340 e. The molecule has 178 valence electrons. The summed E-state index contributed by atoms with van der Waals surface area (Å²) in [6.07, 6.45) is 6.75. The van der Waals surface area contributed by atoms with Gasteiger partial charge in [-0.2, -0.15) is 4.98 Å². The van der Waals surface area contributed by atoms with Gasteiger partial charge < -0.3 is 14.7 Å². The molecule has 3 aromatic heterocycles. The van der Waals surface area contributed by atoms with Gasteiger partial charge in [0.1, 0.15) is 17.3 Å². The maximum Gasteiger partial charge on any atom is 0.223 e. The Morgan fingerprint density at radius 3 is 2.74 bits per heavy atom. The molecular formula is C25H26N8O2. The van der Waals surface area contributed by atoms with Gasteiger partial charge in [0, 0.05) is 62.1 Å². The molecule has 10 heteroatoms. The van der Waals surface area contributed by atoms with Crippen LogP contribution in [0.3, 0.4) is 0 Å². The number of nitrogens with zero attached hydrogens (tertiary/aromatic N) is 7. The summed E-state index contributed by atoms with van der Waals surface area (Å²) in [5.74, 6) is 2.44. The molecule has 0 radical (unpaired) electrons. The van der Waals surface area contributed by atoms with E-state index in [0.29, 0.717) is 41.3 Å². The lowest BCUT2D eigenvalue weighted by atomic mass is 9.92. The van der Waals surface area contributed by atoms with Crippen molar-refractivity contribution in [2.45, 2.75) is 45.6 Å². The highest BCUT2D eigenvalue weighted by Crippen LogP contribution is 2.31. The Labute approximate surface area is 202 Å². The van der Waals surface area contributed by atoms with Crippen LogP contribution in [0.1, 0.15) is 44.3 Å². The van der Waals surface area contributed by atoms with Crippen molar-refractivity contribution in [2.75, 3.05) is 11.9 Å². The Bertz CT molecular complexity index is 1340. The van der Waals surface area contributed by atoms with Crippen molar-refractivity contribution >= 4 is 17.4 Å². The summed E-state index contributed by atoms with van der Waals surface area (Å²) in [4.78, 5) is 36.7. The number of hydrogen-bond donors (Lipinski definition) is 1. The Kier molecular flexibility index (Phi) is 6.17. The van der Waals surface area contributed by atoms with Crippen LogP contribution in [0, 0.1) is 6.92 Å². The van der Waals surface area contributed by atoms with Gasteiger partial charge in [-0.3, -0.25) is 14.8 Å². The lowest BCUT2D eigenvalue weighted by molar-refractivity contribution is -0.132. The number of benzene rings is 1. The molecule has 10 nitrogen and oxygen atoms in total. The summed E-state index contributed by atoms with van der Waals surface area (Å²) in [7, 11) is 0. The van der Waals surface area contributed by atoms with Gasteiger partial charge in [-0.25, -0.2) is 9.97 Å². The molecule has 2 atom stereocenters. The van der Waals surface area contributed by atoms with Crippen LogP contribution in [-0.4, -0.2) is 53.5 Å². The minimum absolute atomic E-state index is 0.0286. The first-order valence-electron chi connectivity index (χ1n) is 11.6. The van der Waals surface area contributed by atoms with Crippen LogP contribution in [0.15, 0.2) is 53.4 Å². The third-order valence-electron chi connectivity index (χ3n) is 6.14. The normalized spacial score (nSPS) is 17.9. The lowest BCUT2D eigenvalue weighted by Crippen LogP contribution is -2.44. The summed E-state index contributed by atoms with van der Waals surface area (Å²) >= 11 is 0. The third-order valence-corrected chi connectivity index (χ3v) is 6.14. The number of nitrogens with one attached hydrogen (secondary N) is 1. The number of aryl methyl sites for hydroxylation is 1. The molecule has 1 fully saturated rings. The highest BCUT2D eigenvalue weighted by Gasteiger charge is 2.30. The fourth-order valence-corrected chi connectivity index (χ4v) is 4.33. The first-order chi connectivity index (χ1) is 17.0. The quantitative estimate of drug-likeness (QED) is 0.458. The number of aromatic nitrogens is 6. The predicted octanol–water partition coefficient (Wildman–Crippen LogP) is 4.15. The fourth-order valence-electron chi connectivity index (χ4n) is 4.33. The second kappa shape index (κ2) is 9.57. The second-order valence-electron chi connectivity index (χ2n) is 8.72. The van der Waals surface area contributed by atoms with Crippen molar-refractivity contribution in [1.29, 1.82) is 0 Å². The van der Waals surface area contributed by atoms with Crippen molar-refractivity contribution in [1.82, 2.24) is 35.0 Å². The number of anilines is 2. The molecular weight excluding hydrogens is 444 g/mol. The van der Waals surface area contributed by atoms with E-state index in [1.54, 1.807) is 32.4 Å². The zero-order valence-corrected chi connectivity index (χ0v) is 19.8. The van der Waals surface area contributed by atoms with Crippen LogP contribution in [0.2, 0.25) is 0 Å². The van der Waals surface area contributed by atoms with E-state index >= 15 is 0 Å². The van der Waals surface area contributed by atoms with E-state index in [4.69, 9.17) is 14.5 Å². The monoisotopic (exact) mass is 470 g/mol. The molecule has 1 saturated heterocycles. The van der Waals surface area contributed by atoms with E-state index in [2.05, 4.69) is 32.3 Å². The van der Waals surface area contributed by atoms with E-state index in [-0.39, 0.29) is 17.9 Å². The van der Waals surface area contributed by atoms with E-state index < -0.39 is 0 Å². The van der Waals surface area contributed by atoms with Gasteiger partial charge in [0.2, 0.25) is 17.6 Å². The van der Waals surface area contributed by atoms with E-state index in [1.807, 2.05) is 35.2 Å². The van der Waals surface area contributed by atoms with Gasteiger partial charge in [0.15, 0.2) is 0 Å². The van der Waals surface area contributed by atoms with Crippen LogP contribution >= 0.6 is 0 Å². The average molecular weight is 471 g/mol. The second-order valence-corrected chi connectivity index (χ2v) is 8.72. The molecule has 4 aromatic rings. The Hall–Kier alpha value is -4.21. The van der Waals surface area contributed by atoms with Crippen LogP contribution in [0.25, 0.3) is 22.8 Å². The number of likely N-dealkylation sites (tertiary alicyclic amines) is 1. The number of hydrogen-bond acceptors (Lipinski definition) is 9. The third kappa shape index (κ3) is 5.01. The Morgan fingerprint density at radius 2 is 2.00 bits per heavy atom. The van der Waals surface area contributed by atoms with Crippen molar-refractivity contribution in [3.05, 3.63) is 60.6 Å². The van der Waals surface area contributed by atoms with Gasteiger partial charge in [0.25, 0.3) is 0 Å². The summed E-state index contributed by atoms with van der Waals surface area (Å²) in [6, 6.07) is 9.79. The molecule has 0 bridgehead atoms. The summed E-state index contributed by atoms with van der Waals surface area (Å²) < 4.78 is 5.11. The number of rotatable bonds is 5. The summed E-state index contributed by atoms with van der Waals surface area (Å²) in [6.45, 7) is 6.04. The molecule has 1 aliphatic rings. The summed E-state index contributed by atoms with van der Waals surface area (Å²) in [5, 5.41) is 7.39. The van der Waals surface area contributed by atoms with Gasteiger partial charge in [0.05, 0.1) is 11.9 Å². The molecule has 35 heavy (non-hydrogen) atoms. The van der Waals surface area contributed by atoms with E-state index in [1.165, 1.54) is 0 Å². The first kappa shape index (κ1) is 22.6. The van der Waals surface area contributed by atoms with Gasteiger partial charge in [-0.05, 0) is 31.9 Å². The van der Waals surface area contributed by atoms with Crippen LogP contribution in [0.5, 0.6) is 0 Å². The predicted molar refractivity (Wildman–Crippen MR) is 130 cm³/mol. The molecule has 1 aliphatic heterocycles. The van der Waals surface area contributed by atoms with Crippen LogP contribution in [0.4, 0.5) is 11.5 Å². The fraction of sp³-hybridized carbons (Fsp3) is 0.320. The molecule has 5 rings (SSSR count). The van der Waals surface area contributed by atoms with Crippen LogP contribution < -0.4 is 5.32 Å². The molecule has 1 N–H and O–H groups in total. The van der Waals surface area contributed by atoms with Gasteiger partial charge in [-0.15, -0.1) is 0 Å². The Morgan fingerprint density at radius 1 is 1.11 bits per heavy atom. The lowest BCUT2D eigenvalue weighted by Gasteiger charge is -2.37. The SMILES string of the molecule is CC(=O)N1C[C@H](c2nc(Nc3cccc(-c4noc(C)n4)c3)cc(-c3cnccn3)n2)CC[C@@H]1C. The molecule has 0 saturated carbocycles. The van der Waals surface area contributed by atoms with Crippen molar-refractivity contribution in [2.24, 2.45) is 0 Å². The van der Waals surface area contributed by atoms with Crippen LogP contribution in [-0.2, 0) is 4.79 Å². The molecule has 1 amide bonds.